The SMILES string of the molecule is Cc1[nH]nc(-c2cnn(C)c2)c1-c1ccc(Cl)cc1. The molecule has 4 nitrogen and oxygen atoms in total. The highest BCUT2D eigenvalue weighted by molar-refractivity contribution is 6.30. The number of aryl methyl sites for hydroxylation is 2. The maximum absolute atomic E-state index is 5.94. The van der Waals surface area contributed by atoms with E-state index in [9.17, 15) is 0 Å². The summed E-state index contributed by atoms with van der Waals surface area (Å²) in [5.41, 5.74) is 5.12. The van der Waals surface area contributed by atoms with Gasteiger partial charge in [-0.3, -0.25) is 9.78 Å². The number of nitrogens with zero attached hydrogens (tertiary/aromatic N) is 3. The summed E-state index contributed by atoms with van der Waals surface area (Å²) < 4.78 is 1.77. The van der Waals surface area contributed by atoms with Crippen molar-refractivity contribution in [3.63, 3.8) is 0 Å². The first kappa shape index (κ1) is 12.0. The fraction of sp³-hybridized carbons (Fsp3) is 0.143. The van der Waals surface area contributed by atoms with Crippen LogP contribution in [0.1, 0.15) is 5.69 Å². The molecule has 3 aromatic rings. The monoisotopic (exact) mass is 272 g/mol. The minimum Gasteiger partial charge on any atom is -0.282 e. The molecule has 0 saturated heterocycles. The molecule has 0 atom stereocenters. The van der Waals surface area contributed by atoms with Crippen molar-refractivity contribution in [3.8, 4) is 22.4 Å². The number of halogens is 1. The lowest BCUT2D eigenvalue weighted by molar-refractivity contribution is 0.768. The molecule has 96 valence electrons. The molecule has 2 aromatic heterocycles. The standard InChI is InChI=1S/C14H13ClN4/c1-9-13(10-3-5-12(15)6-4-10)14(18-17-9)11-7-16-19(2)8-11/h3-8H,1-2H3,(H,17,18). The van der Waals surface area contributed by atoms with Gasteiger partial charge in [-0.2, -0.15) is 10.2 Å². The Kier molecular flexibility index (Phi) is 2.87. The molecule has 0 aliphatic rings. The molecular weight excluding hydrogens is 260 g/mol. The summed E-state index contributed by atoms with van der Waals surface area (Å²) in [6.07, 6.45) is 3.77. The molecule has 0 aliphatic heterocycles. The van der Waals surface area contributed by atoms with Crippen LogP contribution in [0.4, 0.5) is 0 Å². The molecule has 0 radical (unpaired) electrons. The third-order valence-electron chi connectivity index (χ3n) is 3.06. The number of aromatic amines is 1. The second kappa shape index (κ2) is 4.55. The van der Waals surface area contributed by atoms with E-state index in [1.165, 1.54) is 0 Å². The van der Waals surface area contributed by atoms with E-state index in [4.69, 9.17) is 11.6 Å². The van der Waals surface area contributed by atoms with Gasteiger partial charge >= 0.3 is 0 Å². The van der Waals surface area contributed by atoms with Crippen LogP contribution < -0.4 is 0 Å². The van der Waals surface area contributed by atoms with Gasteiger partial charge in [-0.1, -0.05) is 23.7 Å². The van der Waals surface area contributed by atoms with Crippen LogP contribution in [-0.4, -0.2) is 20.0 Å². The first-order chi connectivity index (χ1) is 9.15. The summed E-state index contributed by atoms with van der Waals surface area (Å²) in [5, 5.41) is 12.3. The predicted octanol–water partition coefficient (Wildman–Crippen LogP) is 3.44. The van der Waals surface area contributed by atoms with Crippen LogP contribution in [0.3, 0.4) is 0 Å². The van der Waals surface area contributed by atoms with Crippen LogP contribution in [-0.2, 0) is 7.05 Å². The molecule has 0 amide bonds. The lowest BCUT2D eigenvalue weighted by atomic mass is 10.0. The molecule has 0 fully saturated rings. The Morgan fingerprint density at radius 3 is 2.53 bits per heavy atom. The highest BCUT2D eigenvalue weighted by atomic mass is 35.5. The third kappa shape index (κ3) is 2.15. The van der Waals surface area contributed by atoms with Crippen molar-refractivity contribution < 1.29 is 0 Å². The molecule has 0 aliphatic carbocycles. The number of rotatable bonds is 2. The third-order valence-corrected chi connectivity index (χ3v) is 3.31. The molecule has 3 rings (SSSR count). The maximum Gasteiger partial charge on any atom is 0.103 e. The summed E-state index contributed by atoms with van der Waals surface area (Å²) in [5.74, 6) is 0. The van der Waals surface area contributed by atoms with E-state index in [0.717, 1.165) is 33.1 Å². The molecule has 1 aromatic carbocycles. The fourth-order valence-electron chi connectivity index (χ4n) is 2.15. The average molecular weight is 273 g/mol. The highest BCUT2D eigenvalue weighted by Crippen LogP contribution is 2.33. The van der Waals surface area contributed by atoms with Gasteiger partial charge < -0.3 is 0 Å². The minimum atomic E-state index is 0.729. The number of aromatic nitrogens is 4. The van der Waals surface area contributed by atoms with Crippen molar-refractivity contribution in [2.75, 3.05) is 0 Å². The molecule has 19 heavy (non-hydrogen) atoms. The van der Waals surface area contributed by atoms with Gasteiger partial charge in [0.05, 0.1) is 6.20 Å². The Hall–Kier alpha value is -2.07. The van der Waals surface area contributed by atoms with Gasteiger partial charge in [0.15, 0.2) is 0 Å². The van der Waals surface area contributed by atoms with Gasteiger partial charge in [-0.15, -0.1) is 0 Å². The van der Waals surface area contributed by atoms with E-state index in [0.29, 0.717) is 0 Å². The van der Waals surface area contributed by atoms with E-state index >= 15 is 0 Å². The zero-order valence-corrected chi connectivity index (χ0v) is 11.4. The highest BCUT2D eigenvalue weighted by Gasteiger charge is 2.15. The summed E-state index contributed by atoms with van der Waals surface area (Å²) >= 11 is 5.94. The van der Waals surface area contributed by atoms with Crippen molar-refractivity contribution >= 4 is 11.6 Å². The lowest BCUT2D eigenvalue weighted by Gasteiger charge is -2.03. The molecule has 0 saturated carbocycles. The molecule has 0 spiro atoms. The van der Waals surface area contributed by atoms with Crippen molar-refractivity contribution in [1.82, 2.24) is 20.0 Å². The van der Waals surface area contributed by atoms with E-state index in [2.05, 4.69) is 15.3 Å². The maximum atomic E-state index is 5.94. The second-order valence-electron chi connectivity index (χ2n) is 4.48. The second-order valence-corrected chi connectivity index (χ2v) is 4.92. The van der Waals surface area contributed by atoms with Crippen LogP contribution in [0.25, 0.3) is 22.4 Å². The molecule has 0 unspecified atom stereocenters. The van der Waals surface area contributed by atoms with Crippen molar-refractivity contribution in [1.29, 1.82) is 0 Å². The van der Waals surface area contributed by atoms with Crippen LogP contribution >= 0.6 is 11.6 Å². The Bertz CT molecular complexity index is 709. The van der Waals surface area contributed by atoms with Gasteiger partial charge in [-0.25, -0.2) is 0 Å². The summed E-state index contributed by atoms with van der Waals surface area (Å²) in [6.45, 7) is 2.01. The van der Waals surface area contributed by atoms with Gasteiger partial charge in [-0.05, 0) is 24.6 Å². The number of hydrogen-bond acceptors (Lipinski definition) is 2. The van der Waals surface area contributed by atoms with Crippen molar-refractivity contribution in [2.24, 2.45) is 7.05 Å². The van der Waals surface area contributed by atoms with Crippen molar-refractivity contribution in [2.45, 2.75) is 6.92 Å². The first-order valence-corrected chi connectivity index (χ1v) is 6.33. The van der Waals surface area contributed by atoms with E-state index in [1.807, 2.05) is 50.6 Å². The Labute approximate surface area is 116 Å². The molecule has 5 heteroatoms. The van der Waals surface area contributed by atoms with Gasteiger partial charge in [0.25, 0.3) is 0 Å². The van der Waals surface area contributed by atoms with Gasteiger partial charge in [0.2, 0.25) is 0 Å². The number of hydrogen-bond donors (Lipinski definition) is 1. The summed E-state index contributed by atoms with van der Waals surface area (Å²) in [4.78, 5) is 0. The first-order valence-electron chi connectivity index (χ1n) is 5.95. The zero-order chi connectivity index (χ0) is 13.4. The normalized spacial score (nSPS) is 10.9. The lowest BCUT2D eigenvalue weighted by Crippen LogP contribution is -1.85. The zero-order valence-electron chi connectivity index (χ0n) is 10.7. The fourth-order valence-corrected chi connectivity index (χ4v) is 2.28. The van der Waals surface area contributed by atoms with Crippen LogP contribution in [0.15, 0.2) is 36.7 Å². The Morgan fingerprint density at radius 1 is 1.16 bits per heavy atom. The van der Waals surface area contributed by atoms with Gasteiger partial charge in [0.1, 0.15) is 5.69 Å². The van der Waals surface area contributed by atoms with Crippen LogP contribution in [0.5, 0.6) is 0 Å². The summed E-state index contributed by atoms with van der Waals surface area (Å²) in [7, 11) is 1.89. The Morgan fingerprint density at radius 2 is 1.89 bits per heavy atom. The van der Waals surface area contributed by atoms with E-state index < -0.39 is 0 Å². The predicted molar refractivity (Wildman–Crippen MR) is 76.0 cm³/mol. The van der Waals surface area contributed by atoms with Gasteiger partial charge in [0, 0.05) is 35.1 Å². The summed E-state index contributed by atoms with van der Waals surface area (Å²) in [6, 6.07) is 7.77. The van der Waals surface area contributed by atoms with E-state index in [1.54, 1.807) is 4.68 Å². The molecule has 1 N–H and O–H groups in total. The Balaban J connectivity index is 2.16. The largest absolute Gasteiger partial charge is 0.282 e. The topological polar surface area (TPSA) is 46.5 Å². The van der Waals surface area contributed by atoms with Crippen LogP contribution in [0, 0.1) is 6.92 Å². The molecule has 0 bridgehead atoms. The van der Waals surface area contributed by atoms with E-state index in [-0.39, 0.29) is 0 Å². The van der Waals surface area contributed by atoms with Crippen molar-refractivity contribution in [3.05, 3.63) is 47.4 Å². The number of benzene rings is 1. The smallest absolute Gasteiger partial charge is 0.103 e. The van der Waals surface area contributed by atoms with Crippen LogP contribution in [0.2, 0.25) is 5.02 Å². The quantitative estimate of drug-likeness (QED) is 0.777. The minimum absolute atomic E-state index is 0.729. The molecule has 2 heterocycles. The average Bonchev–Trinajstić information content (AvgIpc) is 2.97. The number of H-pyrrole nitrogens is 1. The number of nitrogens with one attached hydrogen (secondary N) is 1. The molecular formula is C14H13ClN4.